The Hall–Kier alpha value is -2.24. The van der Waals surface area contributed by atoms with Crippen molar-refractivity contribution >= 4 is 33.6 Å². The monoisotopic (exact) mass is 378 g/mol. The lowest BCUT2D eigenvalue weighted by atomic mass is 10.2. The number of fused-ring (bicyclic) bond motifs is 1. The summed E-state index contributed by atoms with van der Waals surface area (Å²) in [4.78, 5) is 9.02. The number of ether oxygens (including phenoxy) is 1. The van der Waals surface area contributed by atoms with E-state index in [9.17, 15) is 0 Å². The number of aromatic nitrogens is 1. The summed E-state index contributed by atoms with van der Waals surface area (Å²) in [5.74, 6) is 2.78. The van der Waals surface area contributed by atoms with Gasteiger partial charge in [-0.05, 0) is 41.5 Å². The average Bonchev–Trinajstić information content (AvgIpc) is 2.72. The largest absolute Gasteiger partial charge is 0.487 e. The highest BCUT2D eigenvalue weighted by Crippen LogP contribution is 2.35. The highest BCUT2D eigenvalue weighted by atomic mass is 32.2. The van der Waals surface area contributed by atoms with Crippen molar-refractivity contribution in [2.45, 2.75) is 18.1 Å². The molecule has 0 N–H and O–H groups in total. The fourth-order valence-corrected chi connectivity index (χ4v) is 4.57. The van der Waals surface area contributed by atoms with Crippen molar-refractivity contribution in [2.75, 3.05) is 0 Å². The highest BCUT2D eigenvalue weighted by molar-refractivity contribution is 8.38. The zero-order chi connectivity index (χ0) is 17.6. The van der Waals surface area contributed by atoms with Crippen LogP contribution in [0.3, 0.4) is 0 Å². The van der Waals surface area contributed by atoms with Crippen molar-refractivity contribution in [3.8, 4) is 5.75 Å². The molecule has 0 spiro atoms. The molecular weight excluding hydrogens is 360 g/mol. The van der Waals surface area contributed by atoms with Crippen LogP contribution in [0.5, 0.6) is 5.75 Å². The number of benzene rings is 2. The van der Waals surface area contributed by atoms with Crippen molar-refractivity contribution in [1.29, 1.82) is 0 Å². The molecule has 3 nitrogen and oxygen atoms in total. The maximum absolute atomic E-state index is 5.78. The normalized spacial score (nSPS) is 13.0. The minimum Gasteiger partial charge on any atom is -0.487 e. The number of thioether (sulfide) groups is 2. The number of rotatable bonds is 5. The molecule has 1 aliphatic rings. The van der Waals surface area contributed by atoms with Gasteiger partial charge < -0.3 is 4.74 Å². The molecule has 0 saturated carbocycles. The smallest absolute Gasteiger partial charge is 0.131 e. The number of hydrogen-bond acceptors (Lipinski definition) is 5. The molecule has 0 bridgehead atoms. The van der Waals surface area contributed by atoms with E-state index >= 15 is 0 Å². The van der Waals surface area contributed by atoms with E-state index in [1.165, 1.54) is 11.1 Å². The molecular formula is C21H18N2OS2. The number of hydrogen-bond donors (Lipinski definition) is 0. The molecule has 4 rings (SSSR count). The van der Waals surface area contributed by atoms with Crippen LogP contribution < -0.4 is 4.74 Å². The van der Waals surface area contributed by atoms with Gasteiger partial charge in [0.05, 0.1) is 11.4 Å². The summed E-state index contributed by atoms with van der Waals surface area (Å²) in [6.07, 6.45) is 1.78. The van der Waals surface area contributed by atoms with E-state index in [1.807, 2.05) is 48.2 Å². The molecule has 0 aliphatic carbocycles. The Labute approximate surface area is 161 Å². The molecule has 0 unspecified atom stereocenters. The van der Waals surface area contributed by atoms with Crippen LogP contribution in [0.1, 0.15) is 16.8 Å². The van der Waals surface area contributed by atoms with E-state index in [1.54, 1.807) is 18.0 Å². The fourth-order valence-electron chi connectivity index (χ4n) is 2.55. The molecule has 130 valence electrons. The van der Waals surface area contributed by atoms with Crippen LogP contribution in [0, 0.1) is 0 Å². The number of aliphatic imine (C=N–C) groups is 1. The Morgan fingerprint density at radius 2 is 1.81 bits per heavy atom. The predicted octanol–water partition coefficient (Wildman–Crippen LogP) is 5.83. The zero-order valence-corrected chi connectivity index (χ0v) is 15.8. The summed E-state index contributed by atoms with van der Waals surface area (Å²) in [7, 11) is 0. The Bertz CT molecular complexity index is 895. The van der Waals surface area contributed by atoms with Gasteiger partial charge in [0.1, 0.15) is 16.7 Å². The van der Waals surface area contributed by atoms with Gasteiger partial charge in [-0.3, -0.25) is 4.98 Å². The lowest BCUT2D eigenvalue weighted by Gasteiger charge is -2.14. The first-order valence-electron chi connectivity index (χ1n) is 8.41. The van der Waals surface area contributed by atoms with Crippen LogP contribution in [-0.2, 0) is 18.1 Å². The topological polar surface area (TPSA) is 34.5 Å². The Morgan fingerprint density at radius 3 is 2.65 bits per heavy atom. The summed E-state index contributed by atoms with van der Waals surface area (Å²) >= 11 is 3.61. The molecule has 0 saturated heterocycles. The van der Waals surface area contributed by atoms with Gasteiger partial charge in [-0.25, -0.2) is 4.99 Å². The van der Waals surface area contributed by atoms with Gasteiger partial charge in [0.15, 0.2) is 0 Å². The quantitative estimate of drug-likeness (QED) is 0.559. The van der Waals surface area contributed by atoms with Crippen molar-refractivity contribution < 1.29 is 4.74 Å². The third-order valence-electron chi connectivity index (χ3n) is 3.95. The lowest BCUT2D eigenvalue weighted by molar-refractivity contribution is 0.301. The van der Waals surface area contributed by atoms with Crippen LogP contribution in [0.4, 0.5) is 5.69 Å². The Morgan fingerprint density at radius 1 is 0.962 bits per heavy atom. The van der Waals surface area contributed by atoms with E-state index in [0.29, 0.717) is 6.61 Å². The van der Waals surface area contributed by atoms with Crippen molar-refractivity contribution in [2.24, 2.45) is 4.99 Å². The van der Waals surface area contributed by atoms with Crippen molar-refractivity contribution in [3.63, 3.8) is 0 Å². The third-order valence-corrected chi connectivity index (χ3v) is 6.27. The lowest BCUT2D eigenvalue weighted by Crippen LogP contribution is -1.98. The molecule has 0 fully saturated rings. The Balaban J connectivity index is 1.31. The summed E-state index contributed by atoms with van der Waals surface area (Å²) in [5, 5.41) is 0. The van der Waals surface area contributed by atoms with Crippen LogP contribution >= 0.6 is 23.5 Å². The fraction of sp³-hybridized carbons (Fsp3) is 0.143. The second-order valence-corrected chi connectivity index (χ2v) is 8.02. The van der Waals surface area contributed by atoms with E-state index in [2.05, 4.69) is 35.3 Å². The van der Waals surface area contributed by atoms with Gasteiger partial charge in [0, 0.05) is 17.7 Å². The molecule has 0 atom stereocenters. The summed E-state index contributed by atoms with van der Waals surface area (Å²) in [6.45, 7) is 0.488. The predicted molar refractivity (Wildman–Crippen MR) is 111 cm³/mol. The highest BCUT2D eigenvalue weighted by Gasteiger charge is 2.12. The van der Waals surface area contributed by atoms with E-state index in [0.717, 1.165) is 33.0 Å². The first-order valence-corrected chi connectivity index (χ1v) is 10.4. The van der Waals surface area contributed by atoms with Gasteiger partial charge in [0.2, 0.25) is 0 Å². The molecule has 2 heterocycles. The second kappa shape index (κ2) is 8.43. The van der Waals surface area contributed by atoms with Crippen LogP contribution in [0.15, 0.2) is 77.9 Å². The second-order valence-electron chi connectivity index (χ2n) is 5.84. The molecule has 1 aliphatic heterocycles. The molecule has 2 aromatic carbocycles. The summed E-state index contributed by atoms with van der Waals surface area (Å²) in [6, 6.07) is 22.5. The van der Waals surface area contributed by atoms with Crippen LogP contribution in [0.25, 0.3) is 0 Å². The molecule has 0 amide bonds. The minimum atomic E-state index is 0.488. The summed E-state index contributed by atoms with van der Waals surface area (Å²) in [5.41, 5.74) is 4.62. The third kappa shape index (κ3) is 4.48. The standard InChI is InChI=1S/C21H18N2OS2/c1-2-7-20-17(5-1)15-26-21(23-20)25-14-16-8-10-19(11-9-16)24-13-18-6-3-4-12-22-18/h1-12H,13-15H2. The first-order chi connectivity index (χ1) is 12.9. The molecule has 0 radical (unpaired) electrons. The Kier molecular flexibility index (Phi) is 5.57. The average molecular weight is 379 g/mol. The van der Waals surface area contributed by atoms with Gasteiger partial charge in [-0.15, -0.1) is 0 Å². The molecule has 5 heteroatoms. The van der Waals surface area contributed by atoms with E-state index < -0.39 is 0 Å². The SMILES string of the molecule is c1ccc(COc2ccc(CSC3=Nc4ccccc4CS3)cc2)nc1. The number of nitrogens with zero attached hydrogens (tertiary/aromatic N) is 2. The zero-order valence-electron chi connectivity index (χ0n) is 14.2. The van der Waals surface area contributed by atoms with Crippen molar-refractivity contribution in [1.82, 2.24) is 4.98 Å². The van der Waals surface area contributed by atoms with Crippen molar-refractivity contribution in [3.05, 3.63) is 89.7 Å². The van der Waals surface area contributed by atoms with E-state index in [-0.39, 0.29) is 0 Å². The molecule has 3 aromatic rings. The number of para-hydroxylation sites is 1. The van der Waals surface area contributed by atoms with Gasteiger partial charge in [-0.2, -0.15) is 0 Å². The van der Waals surface area contributed by atoms with E-state index in [4.69, 9.17) is 9.73 Å². The van der Waals surface area contributed by atoms with Gasteiger partial charge >= 0.3 is 0 Å². The summed E-state index contributed by atoms with van der Waals surface area (Å²) < 4.78 is 6.92. The maximum Gasteiger partial charge on any atom is 0.131 e. The van der Waals surface area contributed by atoms with Crippen LogP contribution in [-0.4, -0.2) is 9.36 Å². The van der Waals surface area contributed by atoms with Gasteiger partial charge in [0.25, 0.3) is 0 Å². The van der Waals surface area contributed by atoms with Gasteiger partial charge in [-0.1, -0.05) is 59.9 Å². The molecule has 26 heavy (non-hydrogen) atoms. The number of pyridine rings is 1. The maximum atomic E-state index is 5.78. The minimum absolute atomic E-state index is 0.488. The molecule has 1 aromatic heterocycles. The first kappa shape index (κ1) is 17.2. The van der Waals surface area contributed by atoms with Crippen LogP contribution in [0.2, 0.25) is 0 Å².